The number of hydrogen-bond acceptors (Lipinski definition) is 6. The molecule has 10 nitrogen and oxygen atoms in total. The van der Waals surface area contributed by atoms with Crippen molar-refractivity contribution in [2.24, 2.45) is 0 Å². The van der Waals surface area contributed by atoms with Gasteiger partial charge >= 0.3 is 0 Å². The van der Waals surface area contributed by atoms with Crippen molar-refractivity contribution in [2.75, 3.05) is 13.1 Å². The third-order valence-corrected chi connectivity index (χ3v) is 5.27. The summed E-state index contributed by atoms with van der Waals surface area (Å²) in [5.74, 6) is -0.468. The van der Waals surface area contributed by atoms with Crippen LogP contribution in [0.15, 0.2) is 56.8 Å². The molecular formula is C15H15BrN4O6S. The van der Waals surface area contributed by atoms with E-state index >= 15 is 0 Å². The number of halogens is 1. The summed E-state index contributed by atoms with van der Waals surface area (Å²) in [5, 5.41) is 13.2. The number of aromatic nitrogens is 1. The minimum Gasteiger partial charge on any atom is -0.353 e. The Morgan fingerprint density at radius 3 is 2.67 bits per heavy atom. The Kier molecular flexibility index (Phi) is 6.82. The largest absolute Gasteiger partial charge is 0.353 e. The van der Waals surface area contributed by atoms with Crippen molar-refractivity contribution in [3.8, 4) is 0 Å². The molecule has 12 heteroatoms. The lowest BCUT2D eigenvalue weighted by atomic mass is 10.3. The average molecular weight is 459 g/mol. The van der Waals surface area contributed by atoms with Gasteiger partial charge in [-0.05, 0) is 28.1 Å². The van der Waals surface area contributed by atoms with Crippen LogP contribution in [0.4, 0.5) is 5.69 Å². The molecule has 0 saturated carbocycles. The molecule has 0 radical (unpaired) electrons. The van der Waals surface area contributed by atoms with Gasteiger partial charge in [-0.3, -0.25) is 19.7 Å². The second-order valence-corrected chi connectivity index (χ2v) is 8.00. The third-order valence-electron chi connectivity index (χ3n) is 3.34. The molecule has 2 rings (SSSR count). The predicted molar refractivity (Wildman–Crippen MR) is 99.7 cm³/mol. The highest BCUT2D eigenvalue weighted by molar-refractivity contribution is 9.10. The zero-order valence-corrected chi connectivity index (χ0v) is 16.2. The topological polar surface area (TPSA) is 140 Å². The second-order valence-electron chi connectivity index (χ2n) is 5.32. The lowest BCUT2D eigenvalue weighted by Gasteiger charge is -2.09. The SMILES string of the molecule is O=C(Cn1cc(Br)ccc1=O)NCCNS(=O)(=O)c1cccc([N+](=O)[O-])c1. The first-order valence-electron chi connectivity index (χ1n) is 7.56. The van der Waals surface area contributed by atoms with Gasteiger partial charge in [0.25, 0.3) is 11.2 Å². The molecular weight excluding hydrogens is 444 g/mol. The van der Waals surface area contributed by atoms with Crippen molar-refractivity contribution in [1.29, 1.82) is 0 Å². The molecule has 2 aromatic rings. The normalized spacial score (nSPS) is 11.1. The monoisotopic (exact) mass is 458 g/mol. The van der Waals surface area contributed by atoms with Crippen LogP contribution < -0.4 is 15.6 Å². The molecule has 0 atom stereocenters. The van der Waals surface area contributed by atoms with Gasteiger partial charge in [-0.1, -0.05) is 6.07 Å². The van der Waals surface area contributed by atoms with E-state index in [1.54, 1.807) is 6.07 Å². The van der Waals surface area contributed by atoms with Gasteiger partial charge in [0.15, 0.2) is 0 Å². The molecule has 1 aromatic heterocycles. The van der Waals surface area contributed by atoms with Crippen LogP contribution in [0.25, 0.3) is 0 Å². The number of sulfonamides is 1. The number of benzene rings is 1. The second kappa shape index (κ2) is 8.88. The molecule has 144 valence electrons. The van der Waals surface area contributed by atoms with E-state index in [4.69, 9.17) is 0 Å². The van der Waals surface area contributed by atoms with E-state index in [-0.39, 0.29) is 35.8 Å². The zero-order chi connectivity index (χ0) is 20.0. The van der Waals surface area contributed by atoms with Crippen LogP contribution in [-0.2, 0) is 21.4 Å². The minimum absolute atomic E-state index is 0.0181. The standard InChI is InChI=1S/C15H15BrN4O6S/c16-11-4-5-15(22)19(9-11)10-14(21)17-6-7-18-27(25,26)13-3-1-2-12(8-13)20(23)24/h1-5,8-9,18H,6-7,10H2,(H,17,21). The number of nitro groups is 1. The van der Waals surface area contributed by atoms with Gasteiger partial charge in [0.1, 0.15) is 6.54 Å². The quantitative estimate of drug-likeness (QED) is 0.337. The maximum atomic E-state index is 12.1. The summed E-state index contributed by atoms with van der Waals surface area (Å²) in [6.07, 6.45) is 1.47. The Labute approximate surface area is 162 Å². The fraction of sp³-hybridized carbons (Fsp3) is 0.200. The first kappa shape index (κ1) is 20.7. The molecule has 2 N–H and O–H groups in total. The zero-order valence-electron chi connectivity index (χ0n) is 13.8. The fourth-order valence-corrected chi connectivity index (χ4v) is 3.52. The van der Waals surface area contributed by atoms with Crippen molar-refractivity contribution >= 4 is 37.5 Å². The summed E-state index contributed by atoms with van der Waals surface area (Å²) >= 11 is 3.20. The van der Waals surface area contributed by atoms with E-state index in [2.05, 4.69) is 26.0 Å². The highest BCUT2D eigenvalue weighted by atomic mass is 79.9. The van der Waals surface area contributed by atoms with E-state index in [9.17, 15) is 28.1 Å². The predicted octanol–water partition coefficient (Wildman–Crippen LogP) is 0.614. The molecule has 0 aliphatic carbocycles. The molecule has 0 unspecified atom stereocenters. The summed E-state index contributed by atoms with van der Waals surface area (Å²) in [5.41, 5.74) is -0.689. The van der Waals surface area contributed by atoms with Crippen molar-refractivity contribution in [1.82, 2.24) is 14.6 Å². The minimum atomic E-state index is -3.95. The summed E-state index contributed by atoms with van der Waals surface area (Å²) in [6.45, 7) is -0.351. The maximum Gasteiger partial charge on any atom is 0.270 e. The Morgan fingerprint density at radius 2 is 1.96 bits per heavy atom. The highest BCUT2D eigenvalue weighted by Gasteiger charge is 2.17. The van der Waals surface area contributed by atoms with Crippen LogP contribution in [-0.4, -0.2) is 36.9 Å². The van der Waals surface area contributed by atoms with Gasteiger partial charge in [-0.2, -0.15) is 0 Å². The Morgan fingerprint density at radius 1 is 1.22 bits per heavy atom. The molecule has 0 aliphatic heterocycles. The van der Waals surface area contributed by atoms with E-state index in [1.165, 1.54) is 35.0 Å². The van der Waals surface area contributed by atoms with Crippen LogP contribution >= 0.6 is 15.9 Å². The van der Waals surface area contributed by atoms with Gasteiger partial charge in [0.2, 0.25) is 15.9 Å². The molecule has 1 aromatic carbocycles. The molecule has 0 saturated heterocycles. The van der Waals surface area contributed by atoms with Crippen LogP contribution in [0.1, 0.15) is 0 Å². The van der Waals surface area contributed by atoms with E-state index in [0.29, 0.717) is 4.47 Å². The number of carbonyl (C=O) groups is 1. The number of rotatable bonds is 8. The van der Waals surface area contributed by atoms with E-state index < -0.39 is 20.9 Å². The van der Waals surface area contributed by atoms with Crippen LogP contribution in [0.5, 0.6) is 0 Å². The Bertz CT molecular complexity index is 1020. The molecule has 0 bridgehead atoms. The number of carbonyl (C=O) groups excluding carboxylic acids is 1. The van der Waals surface area contributed by atoms with Gasteiger partial charge in [-0.25, -0.2) is 13.1 Å². The maximum absolute atomic E-state index is 12.1. The summed E-state index contributed by atoms with van der Waals surface area (Å²) in [4.78, 5) is 33.3. The number of non-ortho nitro benzene ring substituents is 1. The number of nitrogens with zero attached hydrogens (tertiary/aromatic N) is 2. The Hall–Kier alpha value is -2.57. The third kappa shape index (κ3) is 5.98. The summed E-state index contributed by atoms with van der Waals surface area (Å²) < 4.78 is 28.3. The summed E-state index contributed by atoms with van der Waals surface area (Å²) in [6, 6.07) is 7.49. The Balaban J connectivity index is 1.87. The highest BCUT2D eigenvalue weighted by Crippen LogP contribution is 2.16. The fourth-order valence-electron chi connectivity index (χ4n) is 2.07. The number of pyridine rings is 1. The first-order valence-corrected chi connectivity index (χ1v) is 9.83. The van der Waals surface area contributed by atoms with E-state index in [1.807, 2.05) is 0 Å². The van der Waals surface area contributed by atoms with Gasteiger partial charge in [0, 0.05) is 42.0 Å². The van der Waals surface area contributed by atoms with Crippen molar-refractivity contribution in [3.63, 3.8) is 0 Å². The van der Waals surface area contributed by atoms with Crippen LogP contribution in [0.2, 0.25) is 0 Å². The molecule has 0 fully saturated rings. The average Bonchev–Trinajstić information content (AvgIpc) is 2.62. The lowest BCUT2D eigenvalue weighted by Crippen LogP contribution is -2.37. The molecule has 0 aliphatic rings. The smallest absolute Gasteiger partial charge is 0.270 e. The molecule has 1 heterocycles. The lowest BCUT2D eigenvalue weighted by molar-refractivity contribution is -0.385. The number of nitro benzene ring substituents is 1. The van der Waals surface area contributed by atoms with E-state index in [0.717, 1.165) is 6.07 Å². The number of nitrogens with one attached hydrogen (secondary N) is 2. The first-order chi connectivity index (χ1) is 12.7. The molecule has 0 spiro atoms. The molecule has 27 heavy (non-hydrogen) atoms. The van der Waals surface area contributed by atoms with Gasteiger partial charge in [-0.15, -0.1) is 0 Å². The van der Waals surface area contributed by atoms with Gasteiger partial charge in [0.05, 0.1) is 9.82 Å². The number of amides is 1. The van der Waals surface area contributed by atoms with Crippen molar-refractivity contribution < 1.29 is 18.1 Å². The van der Waals surface area contributed by atoms with Crippen molar-refractivity contribution in [3.05, 3.63) is 67.5 Å². The number of hydrogen-bond donors (Lipinski definition) is 2. The molecule has 1 amide bonds. The summed E-state index contributed by atoms with van der Waals surface area (Å²) in [7, 11) is -3.95. The van der Waals surface area contributed by atoms with Crippen LogP contribution in [0, 0.1) is 10.1 Å². The van der Waals surface area contributed by atoms with Crippen molar-refractivity contribution in [2.45, 2.75) is 11.4 Å². The van der Waals surface area contributed by atoms with Crippen LogP contribution in [0.3, 0.4) is 0 Å². The van der Waals surface area contributed by atoms with Gasteiger partial charge < -0.3 is 9.88 Å².